The van der Waals surface area contributed by atoms with Gasteiger partial charge in [-0.05, 0) is 37.5 Å². The lowest BCUT2D eigenvalue weighted by molar-refractivity contribution is 0.108. The van der Waals surface area contributed by atoms with E-state index < -0.39 is 0 Å². The predicted octanol–water partition coefficient (Wildman–Crippen LogP) is 2.66. The van der Waals surface area contributed by atoms with Gasteiger partial charge in [0.1, 0.15) is 0 Å². The van der Waals surface area contributed by atoms with Gasteiger partial charge in [0.2, 0.25) is 0 Å². The van der Waals surface area contributed by atoms with E-state index in [9.17, 15) is 4.39 Å². The fraction of sp³-hybridized carbons (Fsp3) is 0.571. The van der Waals surface area contributed by atoms with Gasteiger partial charge in [-0.25, -0.2) is 4.39 Å². The largest absolute Gasteiger partial charge is 0.494 e. The Labute approximate surface area is 107 Å². The minimum Gasteiger partial charge on any atom is -0.494 e. The lowest BCUT2D eigenvalue weighted by Crippen LogP contribution is -2.28. The van der Waals surface area contributed by atoms with Gasteiger partial charge < -0.3 is 14.8 Å². The lowest BCUT2D eigenvalue weighted by atomic mass is 10.1. The Hall–Kier alpha value is -1.13. The van der Waals surface area contributed by atoms with Gasteiger partial charge in [0.05, 0.1) is 13.2 Å². The molecule has 0 aromatic heterocycles. The monoisotopic (exact) mass is 253 g/mol. The molecular formula is C14H20FNO2. The van der Waals surface area contributed by atoms with Crippen molar-refractivity contribution < 1.29 is 13.9 Å². The van der Waals surface area contributed by atoms with Crippen molar-refractivity contribution in [3.05, 3.63) is 29.6 Å². The molecule has 1 aromatic carbocycles. The molecule has 0 bridgehead atoms. The summed E-state index contributed by atoms with van der Waals surface area (Å²) in [6, 6.07) is 5.17. The summed E-state index contributed by atoms with van der Waals surface area (Å²) in [7, 11) is 1.47. The van der Waals surface area contributed by atoms with Gasteiger partial charge in [-0.2, -0.15) is 0 Å². The first-order valence-electron chi connectivity index (χ1n) is 6.39. The third-order valence-electron chi connectivity index (χ3n) is 3.35. The van der Waals surface area contributed by atoms with Gasteiger partial charge in [0.25, 0.3) is 0 Å². The minimum absolute atomic E-state index is 0.106. The van der Waals surface area contributed by atoms with E-state index >= 15 is 0 Å². The first-order valence-corrected chi connectivity index (χ1v) is 6.39. The van der Waals surface area contributed by atoms with E-state index in [1.165, 1.54) is 13.2 Å². The normalized spacial score (nSPS) is 20.9. The number of nitrogens with one attached hydrogen (secondary N) is 1. The van der Waals surface area contributed by atoms with Crippen molar-refractivity contribution in [1.82, 2.24) is 5.32 Å². The average Bonchev–Trinajstić information content (AvgIpc) is 2.89. The Morgan fingerprint density at radius 2 is 2.39 bits per heavy atom. The molecule has 1 N–H and O–H groups in total. The number of rotatable bonds is 5. The summed E-state index contributed by atoms with van der Waals surface area (Å²) in [5.74, 6) is -0.0363. The third kappa shape index (κ3) is 3.21. The van der Waals surface area contributed by atoms with Crippen molar-refractivity contribution in [2.24, 2.45) is 0 Å². The molecule has 2 rings (SSSR count). The van der Waals surface area contributed by atoms with Crippen LogP contribution in [0.3, 0.4) is 0 Å². The van der Waals surface area contributed by atoms with Gasteiger partial charge in [0, 0.05) is 19.2 Å². The van der Waals surface area contributed by atoms with E-state index in [4.69, 9.17) is 9.47 Å². The van der Waals surface area contributed by atoms with Crippen molar-refractivity contribution >= 4 is 0 Å². The third-order valence-corrected chi connectivity index (χ3v) is 3.35. The molecule has 1 heterocycles. The van der Waals surface area contributed by atoms with Crippen LogP contribution in [0.25, 0.3) is 0 Å². The van der Waals surface area contributed by atoms with Crippen LogP contribution in [0.2, 0.25) is 0 Å². The molecule has 1 aliphatic rings. The maximum absolute atomic E-state index is 13.6. The topological polar surface area (TPSA) is 30.5 Å². The second kappa shape index (κ2) is 6.16. The first-order chi connectivity index (χ1) is 8.70. The number of halogens is 1. The fourth-order valence-corrected chi connectivity index (χ4v) is 2.18. The summed E-state index contributed by atoms with van der Waals surface area (Å²) in [6.07, 6.45) is 2.55. The van der Waals surface area contributed by atoms with Crippen LogP contribution in [-0.2, 0) is 4.74 Å². The highest BCUT2D eigenvalue weighted by atomic mass is 19.1. The Morgan fingerprint density at radius 3 is 3.00 bits per heavy atom. The first kappa shape index (κ1) is 13.3. The molecule has 18 heavy (non-hydrogen) atoms. The average molecular weight is 253 g/mol. The molecule has 3 nitrogen and oxygen atoms in total. The van der Waals surface area contributed by atoms with Crippen LogP contribution >= 0.6 is 0 Å². The van der Waals surface area contributed by atoms with Crippen LogP contribution in [0.5, 0.6) is 5.75 Å². The molecule has 0 spiro atoms. The fourth-order valence-electron chi connectivity index (χ4n) is 2.18. The minimum atomic E-state index is -0.319. The molecule has 100 valence electrons. The zero-order valence-electron chi connectivity index (χ0n) is 10.9. The molecule has 0 aliphatic carbocycles. The van der Waals surface area contributed by atoms with E-state index in [1.807, 2.05) is 13.0 Å². The van der Waals surface area contributed by atoms with Crippen LogP contribution in [0, 0.1) is 5.82 Å². The number of ether oxygens (including phenoxy) is 2. The summed E-state index contributed by atoms with van der Waals surface area (Å²) in [6.45, 7) is 3.70. The molecule has 4 heteroatoms. The van der Waals surface area contributed by atoms with Gasteiger partial charge >= 0.3 is 0 Å². The molecule has 1 aromatic rings. The van der Waals surface area contributed by atoms with Crippen molar-refractivity contribution in [3.8, 4) is 5.75 Å². The number of hydrogen-bond acceptors (Lipinski definition) is 3. The van der Waals surface area contributed by atoms with E-state index in [0.717, 1.165) is 31.6 Å². The summed E-state index contributed by atoms with van der Waals surface area (Å²) in [5.41, 5.74) is 0.922. The summed E-state index contributed by atoms with van der Waals surface area (Å²) in [4.78, 5) is 0. The molecule has 1 fully saturated rings. The SMILES string of the molecule is COc1ccc([C@@H](C)NC[C@@H]2CCCO2)cc1F. The number of benzene rings is 1. The van der Waals surface area contributed by atoms with Gasteiger partial charge in [0.15, 0.2) is 11.6 Å². The maximum atomic E-state index is 13.6. The van der Waals surface area contributed by atoms with E-state index in [2.05, 4.69) is 5.32 Å². The van der Waals surface area contributed by atoms with Crippen LogP contribution in [0.4, 0.5) is 4.39 Å². The Balaban J connectivity index is 1.91. The molecule has 0 amide bonds. The molecule has 0 radical (unpaired) electrons. The van der Waals surface area contributed by atoms with E-state index in [1.54, 1.807) is 6.07 Å². The molecular weight excluding hydrogens is 233 g/mol. The summed E-state index contributed by atoms with van der Waals surface area (Å²) in [5, 5.41) is 3.37. The molecule has 2 atom stereocenters. The van der Waals surface area contributed by atoms with Crippen LogP contribution in [-0.4, -0.2) is 26.4 Å². The van der Waals surface area contributed by atoms with E-state index in [-0.39, 0.29) is 17.6 Å². The summed E-state index contributed by atoms with van der Waals surface area (Å²) < 4.78 is 24.0. The van der Waals surface area contributed by atoms with Crippen molar-refractivity contribution in [2.45, 2.75) is 31.9 Å². The second-order valence-corrected chi connectivity index (χ2v) is 4.66. The van der Waals surface area contributed by atoms with Crippen molar-refractivity contribution in [3.63, 3.8) is 0 Å². The van der Waals surface area contributed by atoms with E-state index in [0.29, 0.717) is 6.10 Å². The highest BCUT2D eigenvalue weighted by molar-refractivity contribution is 5.30. The van der Waals surface area contributed by atoms with Crippen LogP contribution in [0.15, 0.2) is 18.2 Å². The number of hydrogen-bond donors (Lipinski definition) is 1. The smallest absolute Gasteiger partial charge is 0.165 e. The Morgan fingerprint density at radius 1 is 1.56 bits per heavy atom. The van der Waals surface area contributed by atoms with Crippen LogP contribution in [0.1, 0.15) is 31.4 Å². The maximum Gasteiger partial charge on any atom is 0.165 e. The molecule has 1 aliphatic heterocycles. The highest BCUT2D eigenvalue weighted by Gasteiger charge is 2.16. The zero-order chi connectivity index (χ0) is 13.0. The van der Waals surface area contributed by atoms with Crippen LogP contribution < -0.4 is 10.1 Å². The highest BCUT2D eigenvalue weighted by Crippen LogP contribution is 2.22. The van der Waals surface area contributed by atoms with Crippen molar-refractivity contribution in [1.29, 1.82) is 0 Å². The van der Waals surface area contributed by atoms with Crippen molar-refractivity contribution in [2.75, 3.05) is 20.3 Å². The Bertz CT molecular complexity index is 391. The number of methoxy groups -OCH3 is 1. The van der Waals surface area contributed by atoms with Gasteiger partial charge in [-0.3, -0.25) is 0 Å². The van der Waals surface area contributed by atoms with Gasteiger partial charge in [-0.15, -0.1) is 0 Å². The quantitative estimate of drug-likeness (QED) is 0.875. The van der Waals surface area contributed by atoms with Gasteiger partial charge in [-0.1, -0.05) is 6.07 Å². The zero-order valence-corrected chi connectivity index (χ0v) is 10.9. The molecule has 1 saturated heterocycles. The summed E-state index contributed by atoms with van der Waals surface area (Å²) >= 11 is 0. The molecule has 0 unspecified atom stereocenters. The Kier molecular flexibility index (Phi) is 4.55. The second-order valence-electron chi connectivity index (χ2n) is 4.66. The predicted molar refractivity (Wildman–Crippen MR) is 68.3 cm³/mol. The lowest BCUT2D eigenvalue weighted by Gasteiger charge is -2.17. The molecule has 0 saturated carbocycles. The standard InChI is InChI=1S/C14H20FNO2/c1-10(16-9-12-4-3-7-18-12)11-5-6-14(17-2)13(15)8-11/h5-6,8,10,12,16H,3-4,7,9H2,1-2H3/t10-,12+/m1/s1.